The number of carbonyl (C=O) groups excluding carboxylic acids is 1. The van der Waals surface area contributed by atoms with Gasteiger partial charge >= 0.3 is 0 Å². The molecule has 5 fully saturated rings. The molecule has 0 saturated heterocycles. The third-order valence-corrected chi connectivity index (χ3v) is 8.77. The summed E-state index contributed by atoms with van der Waals surface area (Å²) >= 11 is 0. The van der Waals surface area contributed by atoms with E-state index in [1.54, 1.807) is 0 Å². The molecule has 5 aliphatic carbocycles. The fraction of sp³-hybridized carbons (Fsp3) is 0.731. The molecular weight excluding hydrogens is 356 g/mol. The molecule has 29 heavy (non-hydrogen) atoms. The molecule has 0 spiro atoms. The van der Waals surface area contributed by atoms with Crippen LogP contribution in [-0.4, -0.2) is 30.9 Å². The van der Waals surface area contributed by atoms with Crippen LogP contribution in [0.5, 0.6) is 0 Å². The van der Waals surface area contributed by atoms with Crippen LogP contribution in [0.4, 0.5) is 0 Å². The van der Waals surface area contributed by atoms with Crippen LogP contribution in [0.3, 0.4) is 0 Å². The Morgan fingerprint density at radius 3 is 2.00 bits per heavy atom. The van der Waals surface area contributed by atoms with E-state index in [1.165, 1.54) is 56.9 Å². The summed E-state index contributed by atoms with van der Waals surface area (Å²) in [5.74, 6) is 3.63. The van der Waals surface area contributed by atoms with E-state index in [1.807, 2.05) is 0 Å². The van der Waals surface area contributed by atoms with Crippen LogP contribution in [-0.2, 0) is 4.79 Å². The summed E-state index contributed by atoms with van der Waals surface area (Å²) in [6.07, 6.45) is 12.5. The lowest BCUT2D eigenvalue weighted by atomic mass is 9.49. The maximum Gasteiger partial charge on any atom is 0.226 e. The Morgan fingerprint density at radius 2 is 1.48 bits per heavy atom. The topological polar surface area (TPSA) is 32.3 Å². The Bertz CT molecular complexity index is 684. The zero-order chi connectivity index (χ0) is 20.0. The van der Waals surface area contributed by atoms with Crippen molar-refractivity contribution in [3.8, 4) is 0 Å². The zero-order valence-electron chi connectivity index (χ0n) is 18.3. The Hall–Kier alpha value is -1.35. The molecule has 158 valence electrons. The number of hydrogen-bond donors (Lipinski definition) is 1. The van der Waals surface area contributed by atoms with Crippen molar-refractivity contribution in [3.63, 3.8) is 0 Å². The number of carbonyl (C=O) groups is 1. The average Bonchev–Trinajstić information content (AvgIpc) is 2.69. The molecule has 0 heterocycles. The molecule has 3 nitrogen and oxygen atoms in total. The molecular formula is C26H38N2O. The fourth-order valence-electron chi connectivity index (χ4n) is 7.95. The quantitative estimate of drug-likeness (QED) is 0.746. The number of nitrogens with one attached hydrogen (secondary N) is 1. The van der Waals surface area contributed by atoms with Crippen molar-refractivity contribution in [1.29, 1.82) is 0 Å². The highest BCUT2D eigenvalue weighted by atomic mass is 16.2. The molecule has 6 rings (SSSR count). The van der Waals surface area contributed by atoms with Crippen LogP contribution in [0.2, 0.25) is 0 Å². The van der Waals surface area contributed by atoms with E-state index < -0.39 is 0 Å². The monoisotopic (exact) mass is 394 g/mol. The summed E-state index contributed by atoms with van der Waals surface area (Å²) < 4.78 is 0. The fourth-order valence-corrected chi connectivity index (χ4v) is 7.95. The highest BCUT2D eigenvalue weighted by Crippen LogP contribution is 2.60. The Kier molecular flexibility index (Phi) is 5.22. The van der Waals surface area contributed by atoms with E-state index in [-0.39, 0.29) is 5.41 Å². The maximum atomic E-state index is 13.4. The first-order valence-corrected chi connectivity index (χ1v) is 12.0. The molecule has 0 radical (unpaired) electrons. The van der Waals surface area contributed by atoms with Gasteiger partial charge in [-0.05, 0) is 108 Å². The van der Waals surface area contributed by atoms with E-state index in [0.29, 0.717) is 23.9 Å². The summed E-state index contributed by atoms with van der Waals surface area (Å²) in [7, 11) is 4.41. The van der Waals surface area contributed by atoms with E-state index in [4.69, 9.17) is 0 Å². The van der Waals surface area contributed by atoms with Gasteiger partial charge in [-0.1, -0.05) is 30.3 Å². The molecule has 0 aliphatic heterocycles. The Balaban J connectivity index is 1.20. The van der Waals surface area contributed by atoms with Gasteiger partial charge in [0.15, 0.2) is 0 Å². The number of amides is 1. The second-order valence-electron chi connectivity index (χ2n) is 11.1. The van der Waals surface area contributed by atoms with Crippen molar-refractivity contribution in [3.05, 3.63) is 35.9 Å². The summed E-state index contributed by atoms with van der Waals surface area (Å²) in [6, 6.07) is 11.8. The molecule has 1 amide bonds. The predicted octanol–water partition coefficient (Wildman–Crippen LogP) is 5.18. The minimum atomic E-state index is 0.00179. The van der Waals surface area contributed by atoms with Gasteiger partial charge in [0.25, 0.3) is 0 Å². The van der Waals surface area contributed by atoms with Gasteiger partial charge in [0, 0.05) is 17.5 Å². The third kappa shape index (κ3) is 3.76. The van der Waals surface area contributed by atoms with Crippen LogP contribution < -0.4 is 5.32 Å². The Morgan fingerprint density at radius 1 is 0.931 bits per heavy atom. The van der Waals surface area contributed by atoms with Crippen molar-refractivity contribution >= 4 is 5.91 Å². The predicted molar refractivity (Wildman–Crippen MR) is 117 cm³/mol. The van der Waals surface area contributed by atoms with Crippen LogP contribution in [0.15, 0.2) is 30.3 Å². The highest BCUT2D eigenvalue weighted by Gasteiger charge is 2.54. The van der Waals surface area contributed by atoms with Gasteiger partial charge < -0.3 is 10.2 Å². The minimum absolute atomic E-state index is 0.00179. The summed E-state index contributed by atoms with van der Waals surface area (Å²) in [5, 5.41) is 3.55. The van der Waals surface area contributed by atoms with E-state index in [0.717, 1.165) is 30.6 Å². The number of benzene rings is 1. The van der Waals surface area contributed by atoms with Gasteiger partial charge in [0.1, 0.15) is 0 Å². The average molecular weight is 395 g/mol. The van der Waals surface area contributed by atoms with Gasteiger partial charge in [-0.2, -0.15) is 0 Å². The lowest BCUT2D eigenvalue weighted by molar-refractivity contribution is -0.147. The first kappa shape index (κ1) is 19.6. The SMILES string of the molecule is CN(C)C(c1ccccc1)C1CCC(NC(=O)C23CC4CC(CC(C4)C2)C3)CC1. The van der Waals surface area contributed by atoms with Crippen LogP contribution in [0.25, 0.3) is 0 Å². The molecule has 1 aromatic carbocycles. The van der Waals surface area contributed by atoms with Gasteiger partial charge in [0.05, 0.1) is 0 Å². The first-order chi connectivity index (χ1) is 14.0. The molecule has 3 heteroatoms. The molecule has 0 aromatic heterocycles. The lowest BCUT2D eigenvalue weighted by Crippen LogP contribution is -2.55. The van der Waals surface area contributed by atoms with Gasteiger partial charge in [-0.25, -0.2) is 0 Å². The van der Waals surface area contributed by atoms with Crippen molar-refractivity contribution < 1.29 is 4.79 Å². The largest absolute Gasteiger partial charge is 0.353 e. The molecule has 1 N–H and O–H groups in total. The van der Waals surface area contributed by atoms with Crippen molar-refractivity contribution in [2.45, 2.75) is 76.3 Å². The zero-order valence-corrected chi connectivity index (χ0v) is 18.3. The summed E-state index contributed by atoms with van der Waals surface area (Å²) in [5.41, 5.74) is 1.43. The molecule has 1 unspecified atom stereocenters. The van der Waals surface area contributed by atoms with Gasteiger partial charge in [-0.15, -0.1) is 0 Å². The maximum absolute atomic E-state index is 13.4. The van der Waals surface area contributed by atoms with Crippen LogP contribution in [0.1, 0.15) is 75.8 Å². The first-order valence-electron chi connectivity index (χ1n) is 12.0. The number of rotatable bonds is 5. The highest BCUT2D eigenvalue weighted by molar-refractivity contribution is 5.83. The van der Waals surface area contributed by atoms with Gasteiger partial charge in [0.2, 0.25) is 5.91 Å². The van der Waals surface area contributed by atoms with E-state index >= 15 is 0 Å². The van der Waals surface area contributed by atoms with E-state index in [9.17, 15) is 4.79 Å². The van der Waals surface area contributed by atoms with Crippen molar-refractivity contribution in [2.24, 2.45) is 29.1 Å². The molecule has 5 saturated carbocycles. The second kappa shape index (κ2) is 7.72. The standard InChI is InChI=1S/C26H38N2O/c1-28(2)24(21-6-4-3-5-7-21)22-8-10-23(11-9-22)27-25(29)26-15-18-12-19(16-26)14-20(13-18)17-26/h3-7,18-20,22-24H,8-17H2,1-2H3,(H,27,29). The minimum Gasteiger partial charge on any atom is -0.353 e. The van der Waals surface area contributed by atoms with E-state index in [2.05, 4.69) is 54.6 Å². The molecule has 1 aromatic rings. The Labute approximate surface area is 176 Å². The molecule has 4 bridgehead atoms. The van der Waals surface area contributed by atoms with Crippen molar-refractivity contribution in [2.75, 3.05) is 14.1 Å². The second-order valence-corrected chi connectivity index (χ2v) is 11.1. The summed E-state index contributed by atoms with van der Waals surface area (Å²) in [6.45, 7) is 0. The van der Waals surface area contributed by atoms with Gasteiger partial charge in [-0.3, -0.25) is 4.79 Å². The smallest absolute Gasteiger partial charge is 0.226 e. The molecule has 5 aliphatic rings. The lowest BCUT2D eigenvalue weighted by Gasteiger charge is -2.56. The normalized spacial score (nSPS) is 39.5. The summed E-state index contributed by atoms with van der Waals surface area (Å²) in [4.78, 5) is 15.8. The molecule has 1 atom stereocenters. The number of hydrogen-bond acceptors (Lipinski definition) is 2. The van der Waals surface area contributed by atoms with Crippen molar-refractivity contribution in [1.82, 2.24) is 10.2 Å². The third-order valence-electron chi connectivity index (χ3n) is 8.77. The number of nitrogens with zero attached hydrogens (tertiary/aromatic N) is 1. The van der Waals surface area contributed by atoms with Crippen LogP contribution in [0, 0.1) is 29.1 Å². The van der Waals surface area contributed by atoms with Crippen LogP contribution >= 0.6 is 0 Å².